The number of ether oxygens (including phenoxy) is 2. The number of benzene rings is 2. The average Bonchev–Trinajstić information content (AvgIpc) is 2.52. The van der Waals surface area contributed by atoms with Gasteiger partial charge in [-0.05, 0) is 36.6 Å². The van der Waals surface area contributed by atoms with Crippen molar-refractivity contribution in [3.63, 3.8) is 0 Å². The Labute approximate surface area is 125 Å². The van der Waals surface area contributed by atoms with Crippen LogP contribution in [0.25, 0.3) is 0 Å². The number of rotatable bonds is 6. The van der Waals surface area contributed by atoms with Crippen molar-refractivity contribution in [2.75, 3.05) is 14.2 Å². The van der Waals surface area contributed by atoms with Crippen LogP contribution in [-0.2, 0) is 6.42 Å². The van der Waals surface area contributed by atoms with Gasteiger partial charge < -0.3 is 9.47 Å². The Bertz CT molecular complexity index is 599. The zero-order chi connectivity index (χ0) is 15.2. The van der Waals surface area contributed by atoms with E-state index in [0.717, 1.165) is 23.5 Å². The first-order valence-corrected chi connectivity index (χ1v) is 6.91. The molecule has 4 heteroatoms. The van der Waals surface area contributed by atoms with Crippen LogP contribution in [0, 0.1) is 6.92 Å². The summed E-state index contributed by atoms with van der Waals surface area (Å²) < 4.78 is 10.6. The van der Waals surface area contributed by atoms with Crippen LogP contribution in [0.15, 0.2) is 42.5 Å². The summed E-state index contributed by atoms with van der Waals surface area (Å²) in [6.07, 6.45) is 0.778. The molecule has 2 rings (SSSR count). The minimum absolute atomic E-state index is 0.0583. The summed E-state index contributed by atoms with van der Waals surface area (Å²) >= 11 is 0. The molecule has 2 aromatic carbocycles. The van der Waals surface area contributed by atoms with Gasteiger partial charge in [0.15, 0.2) is 11.5 Å². The van der Waals surface area contributed by atoms with Crippen molar-refractivity contribution >= 4 is 0 Å². The van der Waals surface area contributed by atoms with Gasteiger partial charge in [-0.15, -0.1) is 0 Å². The number of methoxy groups -OCH3 is 2. The Hall–Kier alpha value is -2.04. The van der Waals surface area contributed by atoms with Crippen molar-refractivity contribution in [3.8, 4) is 11.5 Å². The second-order valence-electron chi connectivity index (χ2n) is 5.03. The number of hydrazine groups is 1. The van der Waals surface area contributed by atoms with Crippen LogP contribution in [-0.4, -0.2) is 14.2 Å². The van der Waals surface area contributed by atoms with Crippen molar-refractivity contribution in [2.24, 2.45) is 5.84 Å². The van der Waals surface area contributed by atoms with Gasteiger partial charge in [0.2, 0.25) is 0 Å². The van der Waals surface area contributed by atoms with Gasteiger partial charge in [-0.3, -0.25) is 11.3 Å². The molecule has 112 valence electrons. The van der Waals surface area contributed by atoms with E-state index in [2.05, 4.69) is 30.5 Å². The molecule has 0 aliphatic carbocycles. The Morgan fingerprint density at radius 3 is 2.43 bits per heavy atom. The predicted octanol–water partition coefficient (Wildman–Crippen LogP) is 2.76. The summed E-state index contributed by atoms with van der Waals surface area (Å²) in [6, 6.07) is 14.3. The lowest BCUT2D eigenvalue weighted by Crippen LogP contribution is -2.29. The molecule has 0 aromatic heterocycles. The van der Waals surface area contributed by atoms with E-state index in [4.69, 9.17) is 15.3 Å². The largest absolute Gasteiger partial charge is 0.493 e. The number of hydrogen-bond donors (Lipinski definition) is 2. The molecule has 0 amide bonds. The van der Waals surface area contributed by atoms with E-state index >= 15 is 0 Å². The Morgan fingerprint density at radius 2 is 1.81 bits per heavy atom. The van der Waals surface area contributed by atoms with E-state index in [1.807, 2.05) is 24.3 Å². The molecule has 0 fully saturated rings. The molecule has 2 aromatic rings. The lowest BCUT2D eigenvalue weighted by molar-refractivity contribution is 0.354. The molecular formula is C17H22N2O2. The normalized spacial score (nSPS) is 12.0. The van der Waals surface area contributed by atoms with Gasteiger partial charge in [0.25, 0.3) is 0 Å². The lowest BCUT2D eigenvalue weighted by atomic mass is 9.98. The highest BCUT2D eigenvalue weighted by Gasteiger charge is 2.12. The van der Waals surface area contributed by atoms with Gasteiger partial charge in [0, 0.05) is 6.04 Å². The minimum atomic E-state index is 0.0583. The van der Waals surface area contributed by atoms with Crippen LogP contribution in [0.1, 0.15) is 22.7 Å². The molecule has 3 N–H and O–H groups in total. The van der Waals surface area contributed by atoms with Crippen LogP contribution in [0.3, 0.4) is 0 Å². The van der Waals surface area contributed by atoms with Gasteiger partial charge in [-0.25, -0.2) is 0 Å². The van der Waals surface area contributed by atoms with Crippen LogP contribution in [0.5, 0.6) is 11.5 Å². The van der Waals surface area contributed by atoms with Gasteiger partial charge in [0.1, 0.15) is 0 Å². The van der Waals surface area contributed by atoms with E-state index in [9.17, 15) is 0 Å². The third-order valence-corrected chi connectivity index (χ3v) is 3.53. The van der Waals surface area contributed by atoms with Gasteiger partial charge >= 0.3 is 0 Å². The maximum Gasteiger partial charge on any atom is 0.160 e. The summed E-state index contributed by atoms with van der Waals surface area (Å²) in [6.45, 7) is 2.08. The molecule has 0 aliphatic heterocycles. The monoisotopic (exact) mass is 286 g/mol. The van der Waals surface area contributed by atoms with Crippen molar-refractivity contribution < 1.29 is 9.47 Å². The average molecular weight is 286 g/mol. The SMILES string of the molecule is COc1ccc(CC(NN)c2cccc(C)c2)cc1OC. The molecule has 1 unspecified atom stereocenters. The number of nitrogens with one attached hydrogen (secondary N) is 1. The summed E-state index contributed by atoms with van der Waals surface area (Å²) in [5.74, 6) is 7.19. The van der Waals surface area contributed by atoms with E-state index in [-0.39, 0.29) is 6.04 Å². The summed E-state index contributed by atoms with van der Waals surface area (Å²) in [5.41, 5.74) is 6.42. The smallest absolute Gasteiger partial charge is 0.160 e. The molecule has 21 heavy (non-hydrogen) atoms. The third-order valence-electron chi connectivity index (χ3n) is 3.53. The van der Waals surface area contributed by atoms with E-state index in [0.29, 0.717) is 0 Å². The maximum absolute atomic E-state index is 5.72. The highest BCUT2D eigenvalue weighted by atomic mass is 16.5. The molecule has 0 saturated heterocycles. The van der Waals surface area contributed by atoms with E-state index < -0.39 is 0 Å². The Kier molecular flexibility index (Phi) is 5.20. The molecule has 0 saturated carbocycles. The van der Waals surface area contributed by atoms with Crippen molar-refractivity contribution in [1.82, 2.24) is 5.43 Å². The van der Waals surface area contributed by atoms with Crippen molar-refractivity contribution in [2.45, 2.75) is 19.4 Å². The van der Waals surface area contributed by atoms with E-state index in [1.165, 1.54) is 11.1 Å². The zero-order valence-electron chi connectivity index (χ0n) is 12.7. The third kappa shape index (κ3) is 3.74. The molecule has 0 aliphatic rings. The van der Waals surface area contributed by atoms with Gasteiger partial charge in [-0.2, -0.15) is 0 Å². The predicted molar refractivity (Wildman–Crippen MR) is 84.5 cm³/mol. The first-order valence-electron chi connectivity index (χ1n) is 6.91. The van der Waals surface area contributed by atoms with Crippen molar-refractivity contribution in [1.29, 1.82) is 0 Å². The summed E-state index contributed by atoms with van der Waals surface area (Å²) in [7, 11) is 3.27. The zero-order valence-corrected chi connectivity index (χ0v) is 12.7. The highest BCUT2D eigenvalue weighted by Crippen LogP contribution is 2.29. The van der Waals surface area contributed by atoms with Gasteiger partial charge in [-0.1, -0.05) is 35.9 Å². The Balaban J connectivity index is 2.22. The molecule has 0 spiro atoms. The standard InChI is InChI=1S/C17H22N2O2/c1-12-5-4-6-14(9-12)15(19-18)10-13-7-8-16(20-2)17(11-13)21-3/h4-9,11,15,19H,10,18H2,1-3H3. The molecule has 1 atom stereocenters. The van der Waals surface area contributed by atoms with Crippen LogP contribution in [0.2, 0.25) is 0 Å². The van der Waals surface area contributed by atoms with Crippen LogP contribution < -0.4 is 20.7 Å². The number of aryl methyl sites for hydroxylation is 1. The summed E-state index contributed by atoms with van der Waals surface area (Å²) in [5, 5.41) is 0. The minimum Gasteiger partial charge on any atom is -0.493 e. The van der Waals surface area contributed by atoms with E-state index in [1.54, 1.807) is 14.2 Å². The topological polar surface area (TPSA) is 56.5 Å². The maximum atomic E-state index is 5.72. The first kappa shape index (κ1) is 15.4. The molecule has 0 heterocycles. The second kappa shape index (κ2) is 7.11. The summed E-state index contributed by atoms with van der Waals surface area (Å²) in [4.78, 5) is 0. The first-order chi connectivity index (χ1) is 10.2. The number of hydrogen-bond acceptors (Lipinski definition) is 4. The Morgan fingerprint density at radius 1 is 1.05 bits per heavy atom. The fourth-order valence-corrected chi connectivity index (χ4v) is 2.40. The second-order valence-corrected chi connectivity index (χ2v) is 5.03. The molecule has 0 bridgehead atoms. The fourth-order valence-electron chi connectivity index (χ4n) is 2.40. The fraction of sp³-hybridized carbons (Fsp3) is 0.294. The van der Waals surface area contributed by atoms with Crippen LogP contribution in [0.4, 0.5) is 0 Å². The quantitative estimate of drug-likeness (QED) is 0.633. The van der Waals surface area contributed by atoms with Crippen LogP contribution >= 0.6 is 0 Å². The molecular weight excluding hydrogens is 264 g/mol. The highest BCUT2D eigenvalue weighted by molar-refractivity contribution is 5.43. The van der Waals surface area contributed by atoms with Gasteiger partial charge in [0.05, 0.1) is 14.2 Å². The number of nitrogens with two attached hydrogens (primary N) is 1. The lowest BCUT2D eigenvalue weighted by Gasteiger charge is -2.18. The molecule has 4 nitrogen and oxygen atoms in total. The van der Waals surface area contributed by atoms with Crippen molar-refractivity contribution in [3.05, 3.63) is 59.2 Å². The molecule has 0 radical (unpaired) electrons.